The molecule has 0 spiro atoms. The van der Waals surface area contributed by atoms with Crippen LogP contribution in [-0.4, -0.2) is 55.9 Å². The lowest BCUT2D eigenvalue weighted by molar-refractivity contribution is -0.132. The third-order valence-corrected chi connectivity index (χ3v) is 3.16. The highest BCUT2D eigenvalue weighted by Gasteiger charge is 2.19. The summed E-state index contributed by atoms with van der Waals surface area (Å²) in [4.78, 5) is 25.4. The van der Waals surface area contributed by atoms with Crippen molar-refractivity contribution in [2.45, 2.75) is 39.3 Å². The van der Waals surface area contributed by atoms with E-state index in [-0.39, 0.29) is 18.6 Å². The van der Waals surface area contributed by atoms with Crippen molar-refractivity contribution >= 4 is 12.0 Å². The van der Waals surface area contributed by atoms with Crippen LogP contribution in [0.3, 0.4) is 0 Å². The van der Waals surface area contributed by atoms with Crippen LogP contribution in [0.25, 0.3) is 0 Å². The first-order valence-corrected chi connectivity index (χ1v) is 8.11. The van der Waals surface area contributed by atoms with Gasteiger partial charge in [0.15, 0.2) is 18.1 Å². The van der Waals surface area contributed by atoms with Crippen LogP contribution >= 0.6 is 0 Å². The number of rotatable bonds is 7. The van der Waals surface area contributed by atoms with Gasteiger partial charge in [0.1, 0.15) is 5.60 Å². The lowest BCUT2D eigenvalue weighted by atomic mass is 10.2. The largest absolute Gasteiger partial charge is 0.493 e. The third-order valence-electron chi connectivity index (χ3n) is 3.16. The zero-order chi connectivity index (χ0) is 19.0. The summed E-state index contributed by atoms with van der Waals surface area (Å²) in [5, 5.41) is 2.70. The Morgan fingerprint density at radius 3 is 2.36 bits per heavy atom. The van der Waals surface area contributed by atoms with Gasteiger partial charge in [-0.25, -0.2) is 4.79 Å². The van der Waals surface area contributed by atoms with Crippen LogP contribution in [0.5, 0.6) is 11.5 Å². The Balaban J connectivity index is 2.44. The Hall–Kier alpha value is -2.44. The van der Waals surface area contributed by atoms with Crippen molar-refractivity contribution in [2.24, 2.45) is 0 Å². The van der Waals surface area contributed by atoms with Gasteiger partial charge in [-0.3, -0.25) is 4.79 Å². The first-order chi connectivity index (χ1) is 11.6. The molecule has 7 nitrogen and oxygen atoms in total. The minimum absolute atomic E-state index is 0.115. The van der Waals surface area contributed by atoms with E-state index in [2.05, 4.69) is 5.32 Å². The number of hydrogen-bond acceptors (Lipinski definition) is 5. The average Bonchev–Trinajstić information content (AvgIpc) is 2.50. The van der Waals surface area contributed by atoms with Gasteiger partial charge in [-0.1, -0.05) is 12.1 Å². The molecule has 0 unspecified atom stereocenters. The Kier molecular flexibility index (Phi) is 7.54. The van der Waals surface area contributed by atoms with Gasteiger partial charge in [0.25, 0.3) is 5.91 Å². The van der Waals surface area contributed by atoms with Crippen LogP contribution < -0.4 is 14.8 Å². The number of likely N-dealkylation sites (N-methyl/N-ethyl adjacent to an activating group) is 1. The number of para-hydroxylation sites is 2. The summed E-state index contributed by atoms with van der Waals surface area (Å²) in [5.74, 6) is 0.869. The van der Waals surface area contributed by atoms with Gasteiger partial charge in [0.05, 0.1) is 7.11 Å². The molecule has 0 heterocycles. The van der Waals surface area contributed by atoms with E-state index in [0.29, 0.717) is 18.0 Å². The third kappa shape index (κ3) is 7.78. The second-order valence-electron chi connectivity index (χ2n) is 6.76. The molecule has 2 amide bonds. The molecule has 1 rings (SSSR count). The molecule has 0 aromatic heterocycles. The molecule has 1 aromatic rings. The van der Waals surface area contributed by atoms with Gasteiger partial charge in [0.2, 0.25) is 0 Å². The Bertz CT molecular complexity index is 583. The van der Waals surface area contributed by atoms with Crippen LogP contribution in [0.4, 0.5) is 4.79 Å². The summed E-state index contributed by atoms with van der Waals surface area (Å²) in [7, 11) is 3.20. The van der Waals surface area contributed by atoms with E-state index in [1.54, 1.807) is 60.1 Å². The highest BCUT2D eigenvalue weighted by atomic mass is 16.6. The highest BCUT2D eigenvalue weighted by molar-refractivity contribution is 5.77. The van der Waals surface area contributed by atoms with E-state index in [1.165, 1.54) is 4.90 Å². The number of ether oxygens (including phenoxy) is 3. The molecule has 140 valence electrons. The van der Waals surface area contributed by atoms with Crippen LogP contribution in [0.15, 0.2) is 24.3 Å². The monoisotopic (exact) mass is 352 g/mol. The van der Waals surface area contributed by atoms with E-state index in [1.807, 2.05) is 6.07 Å². The van der Waals surface area contributed by atoms with E-state index >= 15 is 0 Å². The minimum atomic E-state index is -0.561. The van der Waals surface area contributed by atoms with Gasteiger partial charge in [-0.2, -0.15) is 0 Å². The normalized spacial score (nSPS) is 12.1. The number of carbonyl (C=O) groups is 2. The number of nitrogens with one attached hydrogen (secondary N) is 1. The highest BCUT2D eigenvalue weighted by Crippen LogP contribution is 2.25. The van der Waals surface area contributed by atoms with E-state index in [9.17, 15) is 9.59 Å². The van der Waals surface area contributed by atoms with Crippen LogP contribution in [0.2, 0.25) is 0 Å². The summed E-state index contributed by atoms with van der Waals surface area (Å²) in [5.41, 5.74) is -0.561. The second-order valence-corrected chi connectivity index (χ2v) is 6.76. The standard InChI is InChI=1S/C18H28N2O5/c1-13(19-17(22)25-18(2,3)4)11-20(5)16(21)12-24-15-10-8-7-9-14(15)23-6/h7-10,13H,11-12H2,1-6H3,(H,19,22)/t13-/m0/s1. The zero-order valence-corrected chi connectivity index (χ0v) is 15.8. The van der Waals surface area contributed by atoms with Gasteiger partial charge < -0.3 is 24.4 Å². The van der Waals surface area contributed by atoms with Gasteiger partial charge >= 0.3 is 6.09 Å². The molecule has 0 fully saturated rings. The number of methoxy groups -OCH3 is 1. The molecule has 0 aliphatic carbocycles. The summed E-state index contributed by atoms with van der Waals surface area (Å²) >= 11 is 0. The molecule has 0 aliphatic rings. The van der Waals surface area contributed by atoms with Crippen molar-refractivity contribution in [3.8, 4) is 11.5 Å². The average molecular weight is 352 g/mol. The molecule has 1 atom stereocenters. The van der Waals surface area contributed by atoms with Crippen LogP contribution in [0.1, 0.15) is 27.7 Å². The fourth-order valence-corrected chi connectivity index (χ4v) is 2.05. The number of hydrogen-bond donors (Lipinski definition) is 1. The molecular formula is C18H28N2O5. The van der Waals surface area contributed by atoms with Crippen molar-refractivity contribution in [3.05, 3.63) is 24.3 Å². The zero-order valence-electron chi connectivity index (χ0n) is 15.8. The van der Waals surface area contributed by atoms with E-state index in [0.717, 1.165) is 0 Å². The smallest absolute Gasteiger partial charge is 0.407 e. The predicted octanol–water partition coefficient (Wildman–Crippen LogP) is 2.45. The molecule has 1 aromatic carbocycles. The molecule has 0 saturated carbocycles. The number of carbonyl (C=O) groups excluding carboxylic acids is 2. The topological polar surface area (TPSA) is 77.1 Å². The summed E-state index contributed by atoms with van der Waals surface area (Å²) in [6, 6.07) is 6.87. The van der Waals surface area contributed by atoms with Crippen molar-refractivity contribution in [1.82, 2.24) is 10.2 Å². The first kappa shape index (κ1) is 20.6. The van der Waals surface area contributed by atoms with E-state index < -0.39 is 11.7 Å². The van der Waals surface area contributed by atoms with Gasteiger partial charge in [0, 0.05) is 19.6 Å². The molecule has 0 aliphatic heterocycles. The molecular weight excluding hydrogens is 324 g/mol. The fourth-order valence-electron chi connectivity index (χ4n) is 2.05. The molecule has 0 bridgehead atoms. The summed E-state index contributed by atoms with van der Waals surface area (Å²) in [6.07, 6.45) is -0.508. The quantitative estimate of drug-likeness (QED) is 0.816. The van der Waals surface area contributed by atoms with Crippen molar-refractivity contribution in [3.63, 3.8) is 0 Å². The van der Waals surface area contributed by atoms with Crippen molar-refractivity contribution < 1.29 is 23.8 Å². The lowest BCUT2D eigenvalue weighted by Gasteiger charge is -2.25. The molecule has 1 N–H and O–H groups in total. The van der Waals surface area contributed by atoms with E-state index in [4.69, 9.17) is 14.2 Å². The molecule has 0 radical (unpaired) electrons. The number of benzene rings is 1. The molecule has 25 heavy (non-hydrogen) atoms. The predicted molar refractivity (Wildman–Crippen MR) is 95.0 cm³/mol. The summed E-state index contributed by atoms with van der Waals surface area (Å²) < 4.78 is 15.9. The maximum absolute atomic E-state index is 12.2. The Labute approximate surface area is 149 Å². The number of amides is 2. The van der Waals surface area contributed by atoms with Gasteiger partial charge in [-0.05, 0) is 39.8 Å². The Morgan fingerprint density at radius 2 is 1.80 bits per heavy atom. The Morgan fingerprint density at radius 1 is 1.20 bits per heavy atom. The first-order valence-electron chi connectivity index (χ1n) is 8.11. The second kappa shape index (κ2) is 9.15. The van der Waals surface area contributed by atoms with Crippen LogP contribution in [-0.2, 0) is 9.53 Å². The van der Waals surface area contributed by atoms with Crippen LogP contribution in [0, 0.1) is 0 Å². The minimum Gasteiger partial charge on any atom is -0.493 e. The molecule has 0 saturated heterocycles. The fraction of sp³-hybridized carbons (Fsp3) is 0.556. The SMILES string of the molecule is COc1ccccc1OCC(=O)N(C)C[C@H](C)NC(=O)OC(C)(C)C. The maximum Gasteiger partial charge on any atom is 0.407 e. The lowest BCUT2D eigenvalue weighted by Crippen LogP contribution is -2.45. The van der Waals surface area contributed by atoms with Crippen molar-refractivity contribution in [1.29, 1.82) is 0 Å². The maximum atomic E-state index is 12.2. The summed E-state index contributed by atoms with van der Waals surface area (Å²) in [6.45, 7) is 7.41. The number of nitrogens with zero attached hydrogens (tertiary/aromatic N) is 1. The molecule has 7 heteroatoms. The van der Waals surface area contributed by atoms with Crippen molar-refractivity contribution in [2.75, 3.05) is 27.3 Å². The van der Waals surface area contributed by atoms with Gasteiger partial charge in [-0.15, -0.1) is 0 Å². The number of alkyl carbamates (subject to hydrolysis) is 1.